The molecule has 7 N–H and O–H groups in total. The Kier molecular flexibility index (Phi) is 8.61. The van der Waals surface area contributed by atoms with Gasteiger partial charge in [0.15, 0.2) is 29.1 Å². The molecule has 2 aromatic rings. The molecule has 3 rings (SSSR count). The standard InChI is InChI=1S/C26H27NO11/c1-27-25(35)26(36)12-20(32)24(38-23(34)9-5-15-3-7-17(29)19(31)11-15)21(13-26)37-22(33)8-4-14-2-6-16(28)18(30)10-14/h2-11,20-21,24,28-32,36H,12-13H2,1H3,(H,27,35)/t20-,21-,24-,26+/m1/s1. The molecule has 1 fully saturated rings. The van der Waals surface area contributed by atoms with Crippen LogP contribution in [0.3, 0.4) is 0 Å². The summed E-state index contributed by atoms with van der Waals surface area (Å²) in [5.41, 5.74) is -1.42. The molecular formula is C26H27NO11. The number of aliphatic hydroxyl groups is 2. The monoisotopic (exact) mass is 529 g/mol. The van der Waals surface area contributed by atoms with Gasteiger partial charge in [0.25, 0.3) is 5.91 Å². The minimum absolute atomic E-state index is 0.344. The van der Waals surface area contributed by atoms with Crippen LogP contribution in [0.1, 0.15) is 24.0 Å². The van der Waals surface area contributed by atoms with Crippen molar-refractivity contribution in [2.45, 2.75) is 36.8 Å². The number of aromatic hydroxyl groups is 4. The first-order chi connectivity index (χ1) is 17.9. The molecule has 1 amide bonds. The molecule has 202 valence electrons. The smallest absolute Gasteiger partial charge is 0.331 e. The van der Waals surface area contributed by atoms with E-state index in [1.165, 1.54) is 55.6 Å². The molecule has 0 aliphatic heterocycles. The highest BCUT2D eigenvalue weighted by Gasteiger charge is 2.51. The second-order valence-corrected chi connectivity index (χ2v) is 8.63. The van der Waals surface area contributed by atoms with E-state index in [4.69, 9.17) is 9.47 Å². The molecule has 38 heavy (non-hydrogen) atoms. The summed E-state index contributed by atoms with van der Waals surface area (Å²) in [7, 11) is 1.28. The van der Waals surface area contributed by atoms with Crippen LogP contribution in [0, 0.1) is 0 Å². The fourth-order valence-corrected chi connectivity index (χ4v) is 3.90. The van der Waals surface area contributed by atoms with Crippen molar-refractivity contribution in [3.05, 3.63) is 59.7 Å². The Bertz CT molecular complexity index is 1270. The van der Waals surface area contributed by atoms with Crippen LogP contribution < -0.4 is 5.32 Å². The van der Waals surface area contributed by atoms with Crippen LogP contribution in [-0.2, 0) is 23.9 Å². The van der Waals surface area contributed by atoms with Crippen LogP contribution in [0.4, 0.5) is 0 Å². The third-order valence-corrected chi connectivity index (χ3v) is 5.82. The molecule has 0 heterocycles. The summed E-state index contributed by atoms with van der Waals surface area (Å²) in [6.45, 7) is 0. The Morgan fingerprint density at radius 2 is 1.34 bits per heavy atom. The number of aliphatic hydroxyl groups excluding tert-OH is 1. The number of benzene rings is 2. The van der Waals surface area contributed by atoms with Gasteiger partial charge in [-0.2, -0.15) is 0 Å². The molecule has 0 radical (unpaired) electrons. The van der Waals surface area contributed by atoms with Gasteiger partial charge < -0.3 is 45.4 Å². The topological polar surface area (TPSA) is 203 Å². The zero-order valence-corrected chi connectivity index (χ0v) is 20.1. The van der Waals surface area contributed by atoms with Gasteiger partial charge in [-0.1, -0.05) is 12.1 Å². The first-order valence-corrected chi connectivity index (χ1v) is 11.4. The maximum absolute atomic E-state index is 12.5. The van der Waals surface area contributed by atoms with E-state index >= 15 is 0 Å². The summed E-state index contributed by atoms with van der Waals surface area (Å²) in [4.78, 5) is 37.2. The quantitative estimate of drug-likeness (QED) is 0.151. The number of carbonyl (C=O) groups excluding carboxylic acids is 3. The van der Waals surface area contributed by atoms with Gasteiger partial charge in [-0.25, -0.2) is 9.59 Å². The molecule has 1 aliphatic carbocycles. The summed E-state index contributed by atoms with van der Waals surface area (Å²) >= 11 is 0. The van der Waals surface area contributed by atoms with Gasteiger partial charge in [-0.15, -0.1) is 0 Å². The average Bonchev–Trinajstić information content (AvgIpc) is 2.87. The second-order valence-electron chi connectivity index (χ2n) is 8.63. The number of hydrogen-bond acceptors (Lipinski definition) is 11. The van der Waals surface area contributed by atoms with Crippen molar-refractivity contribution in [2.75, 3.05) is 7.05 Å². The number of amides is 1. The molecule has 0 bridgehead atoms. The van der Waals surface area contributed by atoms with Gasteiger partial charge in [0, 0.05) is 32.0 Å². The second kappa shape index (κ2) is 11.7. The van der Waals surface area contributed by atoms with Crippen LogP contribution >= 0.6 is 0 Å². The summed E-state index contributed by atoms with van der Waals surface area (Å²) in [6.07, 6.45) is -0.959. The van der Waals surface area contributed by atoms with E-state index in [0.29, 0.717) is 11.1 Å². The van der Waals surface area contributed by atoms with E-state index in [0.717, 1.165) is 12.2 Å². The zero-order chi connectivity index (χ0) is 28.0. The SMILES string of the molecule is CNC(=O)[C@]1(O)C[C@@H](O)[C@@H](OC(=O)C=Cc2ccc(O)c(O)c2)[C@H](OC(=O)C=Cc2ccc(O)c(O)c2)C1. The molecule has 0 unspecified atom stereocenters. The van der Waals surface area contributed by atoms with Crippen molar-refractivity contribution in [3.63, 3.8) is 0 Å². The minimum atomic E-state index is -2.12. The molecule has 4 atom stereocenters. The number of rotatable bonds is 7. The lowest BCUT2D eigenvalue weighted by Crippen LogP contribution is -2.60. The van der Waals surface area contributed by atoms with Gasteiger partial charge in [0.1, 0.15) is 11.7 Å². The molecular weight excluding hydrogens is 502 g/mol. The summed E-state index contributed by atoms with van der Waals surface area (Å²) in [5.74, 6) is -4.26. The molecule has 0 saturated heterocycles. The predicted octanol–water partition coefficient (Wildman–Crippen LogP) is 0.691. The van der Waals surface area contributed by atoms with Crippen molar-refractivity contribution in [1.29, 1.82) is 0 Å². The van der Waals surface area contributed by atoms with E-state index in [2.05, 4.69) is 5.32 Å². The van der Waals surface area contributed by atoms with Crippen LogP contribution in [0.5, 0.6) is 23.0 Å². The summed E-state index contributed by atoms with van der Waals surface area (Å²) in [5, 5.41) is 61.6. The number of likely N-dealkylation sites (N-methyl/N-ethyl adjacent to an activating group) is 1. The van der Waals surface area contributed by atoms with Gasteiger partial charge in [0.2, 0.25) is 0 Å². The first-order valence-electron chi connectivity index (χ1n) is 11.4. The van der Waals surface area contributed by atoms with E-state index in [1.54, 1.807) is 0 Å². The molecule has 2 aromatic carbocycles. The molecule has 12 heteroatoms. The van der Waals surface area contributed by atoms with E-state index in [-0.39, 0.29) is 11.5 Å². The van der Waals surface area contributed by atoms with Crippen LogP contribution in [-0.4, -0.2) is 79.4 Å². The number of phenols is 4. The number of hydrogen-bond donors (Lipinski definition) is 7. The maximum atomic E-state index is 12.5. The Morgan fingerprint density at radius 3 is 1.82 bits per heavy atom. The number of carbonyl (C=O) groups is 3. The lowest BCUT2D eigenvalue weighted by atomic mass is 9.78. The van der Waals surface area contributed by atoms with Crippen molar-refractivity contribution in [2.24, 2.45) is 0 Å². The van der Waals surface area contributed by atoms with Gasteiger partial charge in [-0.05, 0) is 47.5 Å². The highest BCUT2D eigenvalue weighted by Crippen LogP contribution is 2.33. The van der Waals surface area contributed by atoms with Crippen LogP contribution in [0.25, 0.3) is 12.2 Å². The summed E-state index contributed by atoms with van der Waals surface area (Å²) in [6, 6.07) is 7.65. The Morgan fingerprint density at radius 1 is 0.842 bits per heavy atom. The first kappa shape index (κ1) is 28.0. The van der Waals surface area contributed by atoms with Crippen molar-refractivity contribution >= 4 is 30.0 Å². The van der Waals surface area contributed by atoms with Crippen LogP contribution in [0.2, 0.25) is 0 Å². The van der Waals surface area contributed by atoms with E-state index < -0.39 is 66.1 Å². The van der Waals surface area contributed by atoms with Crippen molar-refractivity contribution < 1.29 is 54.5 Å². The number of nitrogens with one attached hydrogen (secondary N) is 1. The fourth-order valence-electron chi connectivity index (χ4n) is 3.90. The normalized spacial score (nSPS) is 23.3. The molecule has 12 nitrogen and oxygen atoms in total. The van der Waals surface area contributed by atoms with Crippen molar-refractivity contribution in [3.8, 4) is 23.0 Å². The maximum Gasteiger partial charge on any atom is 0.331 e. The minimum Gasteiger partial charge on any atom is -0.504 e. The number of esters is 2. The molecule has 0 aromatic heterocycles. The predicted molar refractivity (Wildman–Crippen MR) is 132 cm³/mol. The van der Waals surface area contributed by atoms with Gasteiger partial charge >= 0.3 is 11.9 Å². The fraction of sp³-hybridized carbons (Fsp3) is 0.269. The number of ether oxygens (including phenoxy) is 2. The third-order valence-electron chi connectivity index (χ3n) is 5.82. The highest BCUT2D eigenvalue weighted by atomic mass is 16.6. The largest absolute Gasteiger partial charge is 0.504 e. The lowest BCUT2D eigenvalue weighted by Gasteiger charge is -2.41. The van der Waals surface area contributed by atoms with Gasteiger partial charge in [-0.3, -0.25) is 4.79 Å². The van der Waals surface area contributed by atoms with E-state index in [1.807, 2.05) is 0 Å². The lowest BCUT2D eigenvalue weighted by molar-refractivity contribution is -0.198. The molecule has 1 saturated carbocycles. The summed E-state index contributed by atoms with van der Waals surface area (Å²) < 4.78 is 10.6. The molecule has 0 spiro atoms. The highest BCUT2D eigenvalue weighted by molar-refractivity contribution is 5.89. The average molecular weight is 529 g/mol. The van der Waals surface area contributed by atoms with Crippen molar-refractivity contribution in [1.82, 2.24) is 5.32 Å². The number of phenolic OH excluding ortho intramolecular Hbond substituents is 4. The Balaban J connectivity index is 1.77. The Labute approximate surface area is 216 Å². The third kappa shape index (κ3) is 6.81. The Hall–Kier alpha value is -4.55. The van der Waals surface area contributed by atoms with E-state index in [9.17, 15) is 45.0 Å². The zero-order valence-electron chi connectivity index (χ0n) is 20.1. The molecule has 1 aliphatic rings. The van der Waals surface area contributed by atoms with Crippen LogP contribution in [0.15, 0.2) is 48.6 Å². The van der Waals surface area contributed by atoms with Gasteiger partial charge in [0.05, 0.1) is 6.10 Å².